The molecule has 0 spiro atoms. The first-order valence-electron chi connectivity index (χ1n) is 16.4. The number of rotatable bonds is 0. The van der Waals surface area contributed by atoms with Crippen LogP contribution in [0.4, 0.5) is 0 Å². The van der Waals surface area contributed by atoms with Crippen LogP contribution in [0.3, 0.4) is 0 Å². The lowest BCUT2D eigenvalue weighted by Crippen LogP contribution is -2.33. The molecule has 6 rings (SSSR count). The van der Waals surface area contributed by atoms with Crippen molar-refractivity contribution < 1.29 is 0 Å². The topological polar surface area (TPSA) is 99.1 Å². The highest BCUT2D eigenvalue weighted by atomic mass is 79.9. The quantitative estimate of drug-likeness (QED) is 0.169. The molecule has 0 atom stereocenters. The third-order valence-corrected chi connectivity index (χ3v) is 10.1. The summed E-state index contributed by atoms with van der Waals surface area (Å²) in [6.07, 6.45) is 16.4. The minimum Gasteiger partial charge on any atom is -0.245 e. The summed E-state index contributed by atoms with van der Waals surface area (Å²) >= 11 is 3.09. The first-order valence-corrected chi connectivity index (χ1v) is 17.2. The van der Waals surface area contributed by atoms with Gasteiger partial charge in [0.25, 0.3) is 0 Å². The van der Waals surface area contributed by atoms with E-state index < -0.39 is 0 Å². The molecule has 2 aromatic carbocycles. The molecule has 2 aliphatic carbocycles. The number of fused-ring (bicyclic) bond motifs is 2. The van der Waals surface area contributed by atoms with Crippen LogP contribution in [0.5, 0.6) is 0 Å². The molecule has 0 saturated carbocycles. The fraction of sp³-hybridized carbons (Fsp3) is 0.381. The summed E-state index contributed by atoms with van der Waals surface area (Å²) in [4.78, 5) is 15.4. The van der Waals surface area contributed by atoms with E-state index in [0.717, 1.165) is 11.1 Å². The van der Waals surface area contributed by atoms with Crippen molar-refractivity contribution in [1.29, 1.82) is 10.5 Å². The second-order valence-corrected chi connectivity index (χ2v) is 16.0. The summed E-state index contributed by atoms with van der Waals surface area (Å²) in [5.74, 6) is 9.19. The zero-order chi connectivity index (χ0) is 36.0. The number of hydrogen-bond donors (Lipinski definition) is 0. The Hall–Kier alpha value is -4.82. The maximum atomic E-state index is 8.73. The lowest BCUT2D eigenvalue weighted by atomic mass is 9.63. The number of nitrogens with zero attached hydrogens (tertiary/aromatic N) is 6. The zero-order valence-electron chi connectivity index (χ0n) is 29.7. The maximum Gasteiger partial charge on any atom is 0.232 e. The van der Waals surface area contributed by atoms with Gasteiger partial charge in [0.15, 0.2) is 5.69 Å². The summed E-state index contributed by atoms with van der Waals surface area (Å²) in [6.45, 7) is 18.6. The average Bonchev–Trinajstić information content (AvgIpc) is 3.09. The fourth-order valence-electron chi connectivity index (χ4n) is 6.31. The Balaban J connectivity index is 0.000000185. The molecule has 0 bridgehead atoms. The molecular weight excluding hydrogens is 668 g/mol. The number of terminal acetylenes is 1. The number of aromatic nitrogens is 4. The summed E-state index contributed by atoms with van der Waals surface area (Å²) in [6, 6.07) is 16.8. The van der Waals surface area contributed by atoms with Gasteiger partial charge in [0.1, 0.15) is 16.7 Å². The second-order valence-electron chi connectivity index (χ2n) is 15.2. The molecule has 0 aliphatic heterocycles. The van der Waals surface area contributed by atoms with Gasteiger partial charge in [-0.2, -0.15) is 10.5 Å². The molecule has 2 heterocycles. The van der Waals surface area contributed by atoms with E-state index in [1.54, 1.807) is 12.4 Å². The standard InChI is InChI=1S/C21H21N3.C16H20.C5H2BrN3/c1-20(2)9-10-21(3,4)18-11-15(7-8-17(18)20)5-6-16-13-23-19(12-22)24-14-16;1-6-12-7-8-13-14(11-12)16(4,5)10-9-15(13,2)3;6-5-3-8-4(1-7)2-9-5/h7-8,11,13-14H,9-10H2,1-4H3;1,7-8,11H,9-10H2,2-5H3;2-3H. The van der Waals surface area contributed by atoms with E-state index in [9.17, 15) is 0 Å². The van der Waals surface area contributed by atoms with Crippen LogP contribution in [0.1, 0.15) is 132 Å². The molecule has 49 heavy (non-hydrogen) atoms. The van der Waals surface area contributed by atoms with Crippen molar-refractivity contribution in [3.8, 4) is 36.3 Å². The normalized spacial score (nSPS) is 16.8. The van der Waals surface area contributed by atoms with E-state index in [1.807, 2.05) is 12.1 Å². The Morgan fingerprint density at radius 1 is 0.571 bits per heavy atom. The molecule has 0 amide bonds. The van der Waals surface area contributed by atoms with Gasteiger partial charge < -0.3 is 0 Å². The Morgan fingerprint density at radius 2 is 1.04 bits per heavy atom. The zero-order valence-corrected chi connectivity index (χ0v) is 31.3. The molecule has 2 aliphatic rings. The Morgan fingerprint density at radius 3 is 1.49 bits per heavy atom. The minimum atomic E-state index is 0.165. The molecule has 0 N–H and O–H groups in total. The second kappa shape index (κ2) is 14.7. The first-order chi connectivity index (χ1) is 23.0. The van der Waals surface area contributed by atoms with Gasteiger partial charge in [-0.1, -0.05) is 85.3 Å². The molecule has 2 aromatic heterocycles. The average molecular weight is 712 g/mol. The van der Waals surface area contributed by atoms with Crippen LogP contribution in [0, 0.1) is 46.8 Å². The van der Waals surface area contributed by atoms with Gasteiger partial charge in [-0.25, -0.2) is 19.9 Å². The first kappa shape index (κ1) is 37.0. The minimum absolute atomic E-state index is 0.165. The number of nitriles is 2. The van der Waals surface area contributed by atoms with Gasteiger partial charge in [0.2, 0.25) is 5.82 Å². The van der Waals surface area contributed by atoms with Crippen molar-refractivity contribution in [3.05, 3.63) is 116 Å². The molecule has 7 heteroatoms. The van der Waals surface area contributed by atoms with Crippen molar-refractivity contribution in [1.82, 2.24) is 19.9 Å². The number of hydrogen-bond acceptors (Lipinski definition) is 6. The fourth-order valence-corrected chi connectivity index (χ4v) is 6.51. The van der Waals surface area contributed by atoms with Gasteiger partial charge in [-0.05, 0) is 110 Å². The van der Waals surface area contributed by atoms with Crippen LogP contribution in [0.15, 0.2) is 65.8 Å². The van der Waals surface area contributed by atoms with Gasteiger partial charge in [0.05, 0.1) is 18.0 Å². The van der Waals surface area contributed by atoms with Crippen LogP contribution in [-0.4, -0.2) is 19.9 Å². The molecule has 0 radical (unpaired) electrons. The van der Waals surface area contributed by atoms with Crippen molar-refractivity contribution in [2.45, 2.75) is 103 Å². The smallest absolute Gasteiger partial charge is 0.232 e. The van der Waals surface area contributed by atoms with E-state index in [2.05, 4.69) is 145 Å². The number of benzene rings is 2. The molecule has 4 aromatic rings. The predicted molar refractivity (Wildman–Crippen MR) is 199 cm³/mol. The Bertz CT molecular complexity index is 2010. The van der Waals surface area contributed by atoms with Gasteiger partial charge in [0, 0.05) is 23.5 Å². The van der Waals surface area contributed by atoms with Crippen molar-refractivity contribution in [3.63, 3.8) is 0 Å². The Labute approximate surface area is 300 Å². The van der Waals surface area contributed by atoms with Crippen LogP contribution in [-0.2, 0) is 21.7 Å². The summed E-state index contributed by atoms with van der Waals surface area (Å²) in [5, 5.41) is 17.0. The molecule has 0 saturated heterocycles. The molecule has 0 fully saturated rings. The Kier molecular flexibility index (Phi) is 11.1. The third-order valence-electron chi connectivity index (χ3n) is 9.71. The van der Waals surface area contributed by atoms with Crippen LogP contribution < -0.4 is 0 Å². The van der Waals surface area contributed by atoms with E-state index in [-0.39, 0.29) is 27.5 Å². The largest absolute Gasteiger partial charge is 0.245 e. The lowest BCUT2D eigenvalue weighted by molar-refractivity contribution is 0.332. The highest BCUT2D eigenvalue weighted by Crippen LogP contribution is 2.47. The molecule has 0 unspecified atom stereocenters. The summed E-state index contributed by atoms with van der Waals surface area (Å²) < 4.78 is 0.640. The van der Waals surface area contributed by atoms with E-state index in [4.69, 9.17) is 16.9 Å². The highest BCUT2D eigenvalue weighted by Gasteiger charge is 2.38. The summed E-state index contributed by atoms with van der Waals surface area (Å²) in [7, 11) is 0. The number of halogens is 1. The maximum absolute atomic E-state index is 8.73. The van der Waals surface area contributed by atoms with Gasteiger partial charge in [-0.3, -0.25) is 0 Å². The van der Waals surface area contributed by atoms with Crippen LogP contribution >= 0.6 is 15.9 Å². The predicted octanol–water partition coefficient (Wildman–Crippen LogP) is 9.22. The molecule has 248 valence electrons. The highest BCUT2D eigenvalue weighted by molar-refractivity contribution is 9.10. The van der Waals surface area contributed by atoms with Crippen LogP contribution in [0.2, 0.25) is 0 Å². The van der Waals surface area contributed by atoms with Crippen molar-refractivity contribution in [2.24, 2.45) is 0 Å². The van der Waals surface area contributed by atoms with E-state index >= 15 is 0 Å². The monoisotopic (exact) mass is 710 g/mol. The van der Waals surface area contributed by atoms with Crippen LogP contribution in [0.25, 0.3) is 0 Å². The lowest BCUT2D eigenvalue weighted by Gasteiger charge is -2.41. The third kappa shape index (κ3) is 9.00. The van der Waals surface area contributed by atoms with E-state index in [1.165, 1.54) is 60.3 Å². The van der Waals surface area contributed by atoms with Crippen molar-refractivity contribution in [2.75, 3.05) is 0 Å². The van der Waals surface area contributed by atoms with E-state index in [0.29, 0.717) is 15.9 Å². The van der Waals surface area contributed by atoms with Crippen molar-refractivity contribution >= 4 is 15.9 Å². The van der Waals surface area contributed by atoms with Gasteiger partial charge in [-0.15, -0.1) is 6.42 Å². The SMILES string of the molecule is C#Cc1ccc2c(c1)C(C)(C)CCC2(C)C.CC1(C)CCC(C)(C)c2cc(C#Cc3cnc(C#N)nc3)ccc21.N#Cc1cnc(Br)cn1. The summed E-state index contributed by atoms with van der Waals surface area (Å²) in [5.41, 5.74) is 9.76. The molecular formula is C42H43BrN6. The molecule has 6 nitrogen and oxygen atoms in total. The van der Waals surface area contributed by atoms with Gasteiger partial charge >= 0.3 is 0 Å².